The lowest BCUT2D eigenvalue weighted by atomic mass is 9.93. The number of nitrogens with zero attached hydrogens (tertiary/aromatic N) is 2. The van der Waals surface area contributed by atoms with Crippen molar-refractivity contribution in [3.63, 3.8) is 0 Å². The maximum atomic E-state index is 12.4. The van der Waals surface area contributed by atoms with Crippen LogP contribution in [0.15, 0.2) is 66.0 Å². The number of carbonyl (C=O) groups is 1. The number of carbonyl (C=O) groups excluding carboxylic acids is 1. The lowest BCUT2D eigenvalue weighted by molar-refractivity contribution is 0.0947. The van der Waals surface area contributed by atoms with Gasteiger partial charge in [0, 0.05) is 24.0 Å². The summed E-state index contributed by atoms with van der Waals surface area (Å²) in [5.41, 5.74) is 3.30. The number of aromatic nitrogens is 1. The number of hydrogen-bond acceptors (Lipinski definition) is 4. The minimum Gasteiger partial charge on any atom is -0.350 e. The smallest absolute Gasteiger partial charge is 0.280 e. The minimum atomic E-state index is -0.0568. The van der Waals surface area contributed by atoms with E-state index in [9.17, 15) is 4.79 Å². The maximum absolute atomic E-state index is 12.4. The Morgan fingerprint density at radius 2 is 1.72 bits per heavy atom. The van der Waals surface area contributed by atoms with Gasteiger partial charge >= 0.3 is 0 Å². The SMILES string of the molecule is O=C(NCCC1CCN(Cc2ccccc2)CC1)c1nc(-c2ccccc2)cs1. The third kappa shape index (κ3) is 5.52. The third-order valence-electron chi connectivity index (χ3n) is 5.56. The lowest BCUT2D eigenvalue weighted by Gasteiger charge is -2.32. The van der Waals surface area contributed by atoms with Crippen molar-refractivity contribution in [1.82, 2.24) is 15.2 Å². The monoisotopic (exact) mass is 405 g/mol. The molecule has 0 saturated carbocycles. The molecule has 3 aromatic rings. The van der Waals surface area contributed by atoms with Crippen LogP contribution in [-0.4, -0.2) is 35.4 Å². The largest absolute Gasteiger partial charge is 0.350 e. The summed E-state index contributed by atoms with van der Waals surface area (Å²) in [6.45, 7) is 4.04. The number of amides is 1. The highest BCUT2D eigenvalue weighted by Gasteiger charge is 2.19. The van der Waals surface area contributed by atoms with E-state index < -0.39 is 0 Å². The van der Waals surface area contributed by atoms with Gasteiger partial charge in [-0.2, -0.15) is 0 Å². The standard InChI is InChI=1S/C24H27N3OS/c28-23(24-26-22(18-29-24)21-9-5-2-6-10-21)25-14-11-19-12-15-27(16-13-19)17-20-7-3-1-4-8-20/h1-10,18-19H,11-17H2,(H,25,28). The molecule has 0 spiro atoms. The normalized spacial score (nSPS) is 15.3. The molecule has 5 heteroatoms. The average molecular weight is 406 g/mol. The molecule has 0 unspecified atom stereocenters. The second kappa shape index (κ2) is 9.81. The second-order valence-electron chi connectivity index (χ2n) is 7.65. The van der Waals surface area contributed by atoms with Crippen molar-refractivity contribution in [2.75, 3.05) is 19.6 Å². The average Bonchev–Trinajstić information content (AvgIpc) is 3.27. The van der Waals surface area contributed by atoms with Crippen LogP contribution in [0.1, 0.15) is 34.6 Å². The predicted molar refractivity (Wildman–Crippen MR) is 119 cm³/mol. The van der Waals surface area contributed by atoms with Crippen molar-refractivity contribution in [1.29, 1.82) is 0 Å². The molecule has 0 aliphatic carbocycles. The number of thiazole rings is 1. The first-order valence-electron chi connectivity index (χ1n) is 10.3. The van der Waals surface area contributed by atoms with E-state index in [4.69, 9.17) is 0 Å². The molecule has 4 rings (SSSR count). The van der Waals surface area contributed by atoms with Crippen LogP contribution in [0.2, 0.25) is 0 Å². The predicted octanol–water partition coefficient (Wildman–Crippen LogP) is 4.84. The van der Waals surface area contributed by atoms with Gasteiger partial charge in [0.2, 0.25) is 0 Å². The molecule has 1 amide bonds. The van der Waals surface area contributed by atoms with Crippen LogP contribution in [0.3, 0.4) is 0 Å². The first-order chi connectivity index (χ1) is 14.3. The van der Waals surface area contributed by atoms with E-state index in [1.165, 1.54) is 29.7 Å². The van der Waals surface area contributed by atoms with Gasteiger partial charge in [-0.15, -0.1) is 11.3 Å². The highest BCUT2D eigenvalue weighted by Crippen LogP contribution is 2.23. The van der Waals surface area contributed by atoms with Crippen LogP contribution in [0.4, 0.5) is 0 Å². The van der Waals surface area contributed by atoms with Gasteiger partial charge in [0.1, 0.15) is 0 Å². The summed E-state index contributed by atoms with van der Waals surface area (Å²) in [4.78, 5) is 19.4. The Labute approximate surface area is 176 Å². The lowest BCUT2D eigenvalue weighted by Crippen LogP contribution is -2.34. The molecule has 1 N–H and O–H groups in total. The van der Waals surface area contributed by atoms with Crippen LogP contribution in [0, 0.1) is 5.92 Å². The van der Waals surface area contributed by atoms with Crippen LogP contribution in [-0.2, 0) is 6.54 Å². The van der Waals surface area contributed by atoms with E-state index in [0.717, 1.165) is 43.9 Å². The van der Waals surface area contributed by atoms with E-state index in [2.05, 4.69) is 45.5 Å². The number of rotatable bonds is 7. The number of benzene rings is 2. The molecule has 0 bridgehead atoms. The first kappa shape index (κ1) is 19.8. The molecule has 0 radical (unpaired) electrons. The molecule has 150 valence electrons. The fourth-order valence-electron chi connectivity index (χ4n) is 3.86. The topological polar surface area (TPSA) is 45.2 Å². The Balaban J connectivity index is 1.18. The Bertz CT molecular complexity index is 902. The summed E-state index contributed by atoms with van der Waals surface area (Å²) >= 11 is 1.41. The molecule has 2 heterocycles. The number of piperidine rings is 1. The molecule has 1 aliphatic heterocycles. The fraction of sp³-hybridized carbons (Fsp3) is 0.333. The van der Waals surface area contributed by atoms with Crippen molar-refractivity contribution in [3.05, 3.63) is 76.6 Å². The summed E-state index contributed by atoms with van der Waals surface area (Å²) in [6, 6.07) is 20.7. The van der Waals surface area contributed by atoms with Crippen molar-refractivity contribution in [2.45, 2.75) is 25.8 Å². The molecule has 4 nitrogen and oxygen atoms in total. The van der Waals surface area contributed by atoms with Crippen molar-refractivity contribution in [2.24, 2.45) is 5.92 Å². The Morgan fingerprint density at radius 3 is 2.45 bits per heavy atom. The zero-order valence-electron chi connectivity index (χ0n) is 16.6. The first-order valence-corrected chi connectivity index (χ1v) is 11.2. The highest BCUT2D eigenvalue weighted by atomic mass is 32.1. The van der Waals surface area contributed by atoms with Crippen molar-refractivity contribution < 1.29 is 4.79 Å². The summed E-state index contributed by atoms with van der Waals surface area (Å²) in [5.74, 6) is 0.636. The molecule has 1 fully saturated rings. The Hall–Kier alpha value is -2.50. The van der Waals surface area contributed by atoms with Gasteiger partial charge in [0.05, 0.1) is 5.69 Å². The second-order valence-corrected chi connectivity index (χ2v) is 8.51. The number of nitrogens with one attached hydrogen (secondary N) is 1. The van der Waals surface area contributed by atoms with Gasteiger partial charge in [0.15, 0.2) is 5.01 Å². The highest BCUT2D eigenvalue weighted by molar-refractivity contribution is 7.12. The minimum absolute atomic E-state index is 0.0568. The molecule has 0 atom stereocenters. The van der Waals surface area contributed by atoms with Gasteiger partial charge in [-0.25, -0.2) is 4.98 Å². The van der Waals surface area contributed by atoms with Crippen LogP contribution >= 0.6 is 11.3 Å². The van der Waals surface area contributed by atoms with Gasteiger partial charge < -0.3 is 5.32 Å². The summed E-state index contributed by atoms with van der Waals surface area (Å²) < 4.78 is 0. The maximum Gasteiger partial charge on any atom is 0.280 e. The number of likely N-dealkylation sites (tertiary alicyclic amines) is 1. The molecule has 1 aliphatic rings. The van der Waals surface area contributed by atoms with E-state index >= 15 is 0 Å². The third-order valence-corrected chi connectivity index (χ3v) is 6.40. The van der Waals surface area contributed by atoms with E-state index in [1.807, 2.05) is 35.7 Å². The zero-order valence-corrected chi connectivity index (χ0v) is 17.4. The van der Waals surface area contributed by atoms with Crippen molar-refractivity contribution in [3.8, 4) is 11.3 Å². The Morgan fingerprint density at radius 1 is 1.03 bits per heavy atom. The number of hydrogen-bond donors (Lipinski definition) is 1. The van der Waals surface area contributed by atoms with Crippen LogP contribution in [0.25, 0.3) is 11.3 Å². The summed E-state index contributed by atoms with van der Waals surface area (Å²) in [6.07, 6.45) is 3.46. The molecule has 2 aromatic carbocycles. The summed E-state index contributed by atoms with van der Waals surface area (Å²) in [7, 11) is 0. The molecule has 29 heavy (non-hydrogen) atoms. The fourth-order valence-corrected chi connectivity index (χ4v) is 4.60. The molecular formula is C24H27N3OS. The Kier molecular flexibility index (Phi) is 6.70. The van der Waals surface area contributed by atoms with Gasteiger partial charge in [-0.3, -0.25) is 9.69 Å². The van der Waals surface area contributed by atoms with E-state index in [-0.39, 0.29) is 5.91 Å². The van der Waals surface area contributed by atoms with Crippen LogP contribution in [0.5, 0.6) is 0 Å². The van der Waals surface area contributed by atoms with Gasteiger partial charge in [-0.1, -0.05) is 60.7 Å². The zero-order chi connectivity index (χ0) is 19.9. The summed E-state index contributed by atoms with van der Waals surface area (Å²) in [5, 5.41) is 5.55. The quantitative estimate of drug-likeness (QED) is 0.612. The molecule has 1 saturated heterocycles. The van der Waals surface area contributed by atoms with Gasteiger partial charge in [0.25, 0.3) is 5.91 Å². The van der Waals surface area contributed by atoms with E-state index in [0.29, 0.717) is 10.9 Å². The van der Waals surface area contributed by atoms with Gasteiger partial charge in [-0.05, 0) is 43.8 Å². The molecular weight excluding hydrogens is 378 g/mol. The van der Waals surface area contributed by atoms with Crippen molar-refractivity contribution >= 4 is 17.2 Å². The van der Waals surface area contributed by atoms with E-state index in [1.54, 1.807) is 0 Å². The van der Waals surface area contributed by atoms with Crippen LogP contribution < -0.4 is 5.32 Å². The molecule has 1 aromatic heterocycles.